The Morgan fingerprint density at radius 2 is 1.81 bits per heavy atom. The number of benzene rings is 2. The molecule has 0 bridgehead atoms. The van der Waals surface area contributed by atoms with Crippen molar-refractivity contribution in [2.75, 3.05) is 26.2 Å². The maximum atomic E-state index is 13.2. The first-order valence-electron chi connectivity index (χ1n) is 13.5. The zero-order valence-electron chi connectivity index (χ0n) is 21.6. The van der Waals surface area contributed by atoms with Crippen molar-refractivity contribution in [1.29, 1.82) is 0 Å². The molecule has 0 aromatic heterocycles. The van der Waals surface area contributed by atoms with E-state index in [0.29, 0.717) is 17.9 Å². The van der Waals surface area contributed by atoms with Crippen LogP contribution < -0.4 is 0 Å². The van der Waals surface area contributed by atoms with Crippen molar-refractivity contribution >= 4 is 5.97 Å². The van der Waals surface area contributed by atoms with E-state index >= 15 is 0 Å². The number of hydrogen-bond donors (Lipinski definition) is 2. The van der Waals surface area contributed by atoms with Gasteiger partial charge in [0, 0.05) is 38.1 Å². The summed E-state index contributed by atoms with van der Waals surface area (Å²) in [6.45, 7) is 7.30. The standard InChI is InChI=1S/C30H41FN2O3/c1-21(2)29(30(35)36)33-19-24(28(20-33)23-8-4-3-5-9-23)18-32-16-15-27(34)17-26(32)10-6-7-22-11-13-25(31)14-12-22/h3-5,8-9,11-14,21,24,26-29,34H,6-7,10,15-20H2,1-2H3,(H,35,36). The highest BCUT2D eigenvalue weighted by Gasteiger charge is 2.42. The molecular formula is C30H41FN2O3. The number of carbonyl (C=O) groups is 1. The number of nitrogens with zero attached hydrogens (tertiary/aromatic N) is 2. The van der Waals surface area contributed by atoms with Crippen LogP contribution in [0.25, 0.3) is 0 Å². The number of aliphatic hydroxyl groups excluding tert-OH is 1. The molecule has 2 heterocycles. The summed E-state index contributed by atoms with van der Waals surface area (Å²) in [5.74, 6) is -0.276. The maximum Gasteiger partial charge on any atom is 0.321 e. The van der Waals surface area contributed by atoms with Crippen LogP contribution in [-0.2, 0) is 11.2 Å². The number of aliphatic hydroxyl groups is 1. The number of aliphatic carboxylic acids is 1. The minimum absolute atomic E-state index is 0.0435. The molecule has 2 N–H and O–H groups in total. The molecule has 5 nitrogen and oxygen atoms in total. The highest BCUT2D eigenvalue weighted by Crippen LogP contribution is 2.37. The van der Waals surface area contributed by atoms with Gasteiger partial charge in [-0.2, -0.15) is 0 Å². The van der Waals surface area contributed by atoms with E-state index in [1.54, 1.807) is 0 Å². The number of likely N-dealkylation sites (tertiary alicyclic amines) is 2. The Bertz CT molecular complexity index is 968. The molecule has 2 aromatic carbocycles. The number of aryl methyl sites for hydroxylation is 1. The predicted molar refractivity (Wildman–Crippen MR) is 140 cm³/mol. The van der Waals surface area contributed by atoms with E-state index in [9.17, 15) is 19.4 Å². The van der Waals surface area contributed by atoms with Crippen molar-refractivity contribution in [3.63, 3.8) is 0 Å². The second-order valence-electron chi connectivity index (χ2n) is 11.1. The minimum Gasteiger partial charge on any atom is -0.480 e. The molecule has 0 spiro atoms. The molecule has 0 saturated carbocycles. The molecule has 2 fully saturated rings. The number of rotatable bonds is 10. The third-order valence-electron chi connectivity index (χ3n) is 8.17. The molecule has 6 heteroatoms. The van der Waals surface area contributed by atoms with E-state index in [4.69, 9.17) is 0 Å². The Labute approximate surface area is 214 Å². The molecule has 0 aliphatic carbocycles. The van der Waals surface area contributed by atoms with Gasteiger partial charge in [-0.3, -0.25) is 14.6 Å². The second-order valence-corrected chi connectivity index (χ2v) is 11.1. The summed E-state index contributed by atoms with van der Waals surface area (Å²) in [5, 5.41) is 20.4. The lowest BCUT2D eigenvalue weighted by atomic mass is 9.86. The number of hydrogen-bond acceptors (Lipinski definition) is 4. The van der Waals surface area contributed by atoms with Crippen LogP contribution in [0.5, 0.6) is 0 Å². The van der Waals surface area contributed by atoms with Gasteiger partial charge in [-0.15, -0.1) is 0 Å². The van der Waals surface area contributed by atoms with Gasteiger partial charge >= 0.3 is 5.97 Å². The first-order chi connectivity index (χ1) is 17.3. The monoisotopic (exact) mass is 496 g/mol. The van der Waals surface area contributed by atoms with Crippen LogP contribution in [0.4, 0.5) is 4.39 Å². The minimum atomic E-state index is -0.739. The quantitative estimate of drug-likeness (QED) is 0.495. The zero-order valence-corrected chi connectivity index (χ0v) is 21.6. The van der Waals surface area contributed by atoms with E-state index in [1.807, 2.05) is 32.0 Å². The summed E-state index contributed by atoms with van der Waals surface area (Å²) in [6.07, 6.45) is 4.18. The van der Waals surface area contributed by atoms with Crippen LogP contribution in [0.15, 0.2) is 54.6 Å². The fraction of sp³-hybridized carbons (Fsp3) is 0.567. The summed E-state index contributed by atoms with van der Waals surface area (Å²) in [5.41, 5.74) is 2.42. The highest BCUT2D eigenvalue weighted by molar-refractivity contribution is 5.73. The summed E-state index contributed by atoms with van der Waals surface area (Å²) in [4.78, 5) is 16.8. The Morgan fingerprint density at radius 3 is 2.47 bits per heavy atom. The largest absolute Gasteiger partial charge is 0.480 e. The molecule has 5 atom stereocenters. The first kappa shape index (κ1) is 26.8. The summed E-state index contributed by atoms with van der Waals surface area (Å²) < 4.78 is 13.2. The van der Waals surface area contributed by atoms with Crippen molar-refractivity contribution in [2.24, 2.45) is 11.8 Å². The number of carboxylic acid groups (broad SMARTS) is 1. The van der Waals surface area contributed by atoms with Crippen molar-refractivity contribution in [3.8, 4) is 0 Å². The maximum absolute atomic E-state index is 13.2. The summed E-state index contributed by atoms with van der Waals surface area (Å²) in [6, 6.07) is 17.1. The van der Waals surface area contributed by atoms with Crippen LogP contribution in [0.1, 0.15) is 56.6 Å². The van der Waals surface area contributed by atoms with E-state index in [2.05, 4.69) is 34.1 Å². The van der Waals surface area contributed by atoms with Crippen LogP contribution >= 0.6 is 0 Å². The molecule has 2 aliphatic heterocycles. The third kappa shape index (κ3) is 6.72. The van der Waals surface area contributed by atoms with Crippen LogP contribution in [0.2, 0.25) is 0 Å². The number of halogens is 1. The lowest BCUT2D eigenvalue weighted by Crippen LogP contribution is -2.47. The van der Waals surface area contributed by atoms with Crippen LogP contribution in [0.3, 0.4) is 0 Å². The molecule has 2 aromatic rings. The Morgan fingerprint density at radius 1 is 1.08 bits per heavy atom. The molecule has 2 aliphatic rings. The predicted octanol–water partition coefficient (Wildman–Crippen LogP) is 4.80. The van der Waals surface area contributed by atoms with Crippen molar-refractivity contribution < 1.29 is 19.4 Å². The fourth-order valence-corrected chi connectivity index (χ4v) is 6.37. The Kier molecular flexibility index (Phi) is 9.15. The number of piperidine rings is 1. The molecule has 196 valence electrons. The summed E-state index contributed by atoms with van der Waals surface area (Å²) in [7, 11) is 0. The van der Waals surface area contributed by atoms with Gasteiger partial charge in [0.1, 0.15) is 11.9 Å². The smallest absolute Gasteiger partial charge is 0.321 e. The highest BCUT2D eigenvalue weighted by atomic mass is 19.1. The van der Waals surface area contributed by atoms with Gasteiger partial charge < -0.3 is 10.2 Å². The van der Waals surface area contributed by atoms with Crippen LogP contribution in [-0.4, -0.2) is 70.3 Å². The van der Waals surface area contributed by atoms with Crippen molar-refractivity contribution in [2.45, 2.75) is 70.1 Å². The third-order valence-corrected chi connectivity index (χ3v) is 8.17. The topological polar surface area (TPSA) is 64.0 Å². The van der Waals surface area contributed by atoms with Gasteiger partial charge in [0.25, 0.3) is 0 Å². The van der Waals surface area contributed by atoms with Crippen LogP contribution in [0, 0.1) is 17.7 Å². The van der Waals surface area contributed by atoms with E-state index in [1.165, 1.54) is 17.7 Å². The van der Waals surface area contributed by atoms with E-state index in [-0.39, 0.29) is 17.8 Å². The van der Waals surface area contributed by atoms with Crippen molar-refractivity contribution in [3.05, 3.63) is 71.5 Å². The molecular weight excluding hydrogens is 455 g/mol. The van der Waals surface area contributed by atoms with Gasteiger partial charge in [-0.1, -0.05) is 56.3 Å². The average Bonchev–Trinajstić information content (AvgIpc) is 3.25. The SMILES string of the molecule is CC(C)C(C(=O)O)N1CC(CN2CCC(O)CC2CCCc2ccc(F)cc2)C(c2ccccc2)C1. The molecule has 2 saturated heterocycles. The van der Waals surface area contributed by atoms with Gasteiger partial charge in [0.15, 0.2) is 0 Å². The second kappa shape index (κ2) is 12.3. The first-order valence-corrected chi connectivity index (χ1v) is 13.5. The number of carboxylic acids is 1. The van der Waals surface area contributed by atoms with Gasteiger partial charge in [-0.05, 0) is 67.2 Å². The van der Waals surface area contributed by atoms with E-state index in [0.717, 1.165) is 63.8 Å². The fourth-order valence-electron chi connectivity index (χ4n) is 6.37. The van der Waals surface area contributed by atoms with Crippen molar-refractivity contribution in [1.82, 2.24) is 9.80 Å². The molecule has 36 heavy (non-hydrogen) atoms. The van der Waals surface area contributed by atoms with Gasteiger partial charge in [-0.25, -0.2) is 4.39 Å². The Hall–Kier alpha value is -2.28. The average molecular weight is 497 g/mol. The lowest BCUT2D eigenvalue weighted by Gasteiger charge is -2.40. The summed E-state index contributed by atoms with van der Waals surface area (Å²) >= 11 is 0. The lowest BCUT2D eigenvalue weighted by molar-refractivity contribution is -0.144. The molecule has 5 unspecified atom stereocenters. The molecule has 0 amide bonds. The van der Waals surface area contributed by atoms with E-state index < -0.39 is 12.0 Å². The zero-order chi connectivity index (χ0) is 25.7. The Balaban J connectivity index is 1.46. The molecule has 0 radical (unpaired) electrons. The van der Waals surface area contributed by atoms with Gasteiger partial charge in [0.05, 0.1) is 6.10 Å². The van der Waals surface area contributed by atoms with Gasteiger partial charge in [0.2, 0.25) is 0 Å². The normalized spacial score (nSPS) is 26.4. The molecule has 4 rings (SSSR count).